The summed E-state index contributed by atoms with van der Waals surface area (Å²) in [5.41, 5.74) is 9.94. The van der Waals surface area contributed by atoms with Crippen LogP contribution in [0.4, 0.5) is 28.4 Å². The molecule has 0 amide bonds. The first-order valence-corrected chi connectivity index (χ1v) is 20.6. The first-order chi connectivity index (χ1) is 27.8. The van der Waals surface area contributed by atoms with Crippen molar-refractivity contribution < 1.29 is 147 Å². The number of carbonyl (C=O) groups excluding carboxylic acids is 2. The molecular weight excluding hydrogens is 904 g/mol. The maximum absolute atomic E-state index is 13.8. The predicted octanol–water partition coefficient (Wildman–Crippen LogP) is -4.80. The van der Waals surface area contributed by atoms with E-state index in [2.05, 4.69) is 31.3 Å². The molecule has 2 aliphatic rings. The molecule has 0 aliphatic heterocycles. The standard InChI is InChI=1S/C36H29N7O13S3.3Na/c1-55-28-15-19(3-13-26(28)40-38-22-5-9-24(44)10-6-22)20-4-14-27(29(16-20)56-2)41-42-34-30(58(49,50)51)17-21-18-31(59(52,53)54)35(36(45)32(21)33(34)37)43-39-23-7-11-25(12-8-23)57(46,47)48;;;/h3-18,39-40H,37H2,1-2H3,(H,46,47,48)(H,49,50,51)(H,52,53,54);;;/q;3*+1/p-3/b42-41?,43-35-;;;. The van der Waals surface area contributed by atoms with Crippen LogP contribution in [0.15, 0.2) is 126 Å². The number of hydrogen-bond acceptors (Lipinski definition) is 20. The Morgan fingerprint density at radius 2 is 1.26 bits per heavy atom. The number of nitrogens with zero attached hydrogens (tertiary/aromatic N) is 4. The summed E-state index contributed by atoms with van der Waals surface area (Å²) >= 11 is 0. The van der Waals surface area contributed by atoms with Crippen LogP contribution in [-0.2, 0) is 35.1 Å². The molecule has 26 heteroatoms. The number of methoxy groups -OCH3 is 2. The molecule has 304 valence electrons. The number of ketones is 2. The molecule has 62 heavy (non-hydrogen) atoms. The summed E-state index contributed by atoms with van der Waals surface area (Å²) in [6.45, 7) is 0. The first kappa shape index (κ1) is 52.5. The third-order valence-corrected chi connectivity index (χ3v) is 10.9. The Morgan fingerprint density at radius 3 is 1.82 bits per heavy atom. The van der Waals surface area contributed by atoms with E-state index in [9.17, 15) is 48.5 Å². The van der Waals surface area contributed by atoms with E-state index in [1.54, 1.807) is 42.5 Å². The molecule has 0 atom stereocenters. The maximum Gasteiger partial charge on any atom is 1.00 e. The number of hydrazone groups is 2. The second-order valence-corrected chi connectivity index (χ2v) is 16.2. The van der Waals surface area contributed by atoms with Gasteiger partial charge in [0.1, 0.15) is 58.9 Å². The van der Waals surface area contributed by atoms with Gasteiger partial charge in [-0.05, 0) is 102 Å². The minimum atomic E-state index is -5.50. The molecule has 0 fully saturated rings. The van der Waals surface area contributed by atoms with E-state index >= 15 is 0 Å². The Morgan fingerprint density at radius 1 is 0.661 bits per heavy atom. The van der Waals surface area contributed by atoms with Crippen molar-refractivity contribution in [3.63, 3.8) is 0 Å². The zero-order valence-electron chi connectivity index (χ0n) is 33.1. The van der Waals surface area contributed by atoms with Crippen LogP contribution >= 0.6 is 0 Å². The molecule has 0 heterocycles. The summed E-state index contributed by atoms with van der Waals surface area (Å²) in [7, 11) is -13.0. The van der Waals surface area contributed by atoms with Crippen molar-refractivity contribution in [2.75, 3.05) is 30.8 Å². The van der Waals surface area contributed by atoms with Gasteiger partial charge in [-0.2, -0.15) is 10.2 Å². The molecule has 2 aliphatic carbocycles. The summed E-state index contributed by atoms with van der Waals surface area (Å²) in [6.07, 6.45) is 6.44. The van der Waals surface area contributed by atoms with E-state index in [1.807, 2.05) is 0 Å². The number of fused-ring (bicyclic) bond motifs is 1. The van der Waals surface area contributed by atoms with Gasteiger partial charge in [0.2, 0.25) is 5.78 Å². The fourth-order valence-electron chi connectivity index (χ4n) is 5.55. The molecule has 4 aromatic rings. The van der Waals surface area contributed by atoms with Crippen molar-refractivity contribution in [1.82, 2.24) is 0 Å². The molecule has 0 aromatic heterocycles. The Balaban J connectivity index is 0.00000341. The van der Waals surface area contributed by atoms with Crippen LogP contribution in [0.5, 0.6) is 11.5 Å². The van der Waals surface area contributed by atoms with Crippen LogP contribution in [0.3, 0.4) is 0 Å². The Hall–Kier alpha value is -3.89. The molecule has 0 unspecified atom stereocenters. The fourth-order valence-corrected chi connectivity index (χ4v) is 7.33. The number of benzene rings is 4. The number of rotatable bonds is 12. The SMILES string of the molecule is COc1cc(-c2ccc(NN=C3C=CC(=O)C=C3)c(OC)c2)ccc1N=Nc1c(S(=O)(=O)[O-])cc2c(c1N)C(=O)/C(=N\Nc1ccc(S(=O)(=O)[O-])cc1)C(S(=O)(=O)[O-])=C2.[Na+].[Na+].[Na+]. The van der Waals surface area contributed by atoms with E-state index in [1.165, 1.54) is 32.4 Å². The van der Waals surface area contributed by atoms with Gasteiger partial charge in [0, 0.05) is 0 Å². The van der Waals surface area contributed by atoms with Crippen molar-refractivity contribution in [2.24, 2.45) is 20.4 Å². The maximum atomic E-state index is 13.8. The third kappa shape index (κ3) is 12.0. The molecule has 0 saturated heterocycles. The van der Waals surface area contributed by atoms with Gasteiger partial charge in [-0.25, -0.2) is 25.3 Å². The molecule has 0 radical (unpaired) electrons. The third-order valence-electron chi connectivity index (χ3n) is 8.39. The van der Waals surface area contributed by atoms with Crippen molar-refractivity contribution >= 4 is 87.9 Å². The number of ether oxygens (including phenoxy) is 2. The number of anilines is 3. The second-order valence-electron chi connectivity index (χ2n) is 12.1. The van der Waals surface area contributed by atoms with Crippen LogP contribution in [-0.4, -0.2) is 76.1 Å². The van der Waals surface area contributed by atoms with Gasteiger partial charge >= 0.3 is 88.7 Å². The van der Waals surface area contributed by atoms with E-state index in [0.29, 0.717) is 40.4 Å². The van der Waals surface area contributed by atoms with Crippen LogP contribution in [0, 0.1) is 0 Å². The van der Waals surface area contributed by atoms with Crippen LogP contribution in [0.25, 0.3) is 17.2 Å². The number of nitrogens with two attached hydrogens (primary N) is 1. The van der Waals surface area contributed by atoms with E-state index in [-0.39, 0.29) is 112 Å². The van der Waals surface area contributed by atoms with Crippen LogP contribution < -0.4 is 115 Å². The number of Topliss-reactive ketones (excluding diaryl/α,β-unsaturated/α-hetero) is 1. The van der Waals surface area contributed by atoms with Gasteiger partial charge in [-0.1, -0.05) is 12.1 Å². The van der Waals surface area contributed by atoms with Crippen molar-refractivity contribution in [3.8, 4) is 22.6 Å². The average Bonchev–Trinajstić information content (AvgIpc) is 3.18. The quantitative estimate of drug-likeness (QED) is 0.0300. The molecule has 20 nitrogen and oxygen atoms in total. The molecule has 4 aromatic carbocycles. The zero-order chi connectivity index (χ0) is 42.9. The number of allylic oxidation sites excluding steroid dienone is 5. The van der Waals surface area contributed by atoms with Crippen molar-refractivity contribution in [3.05, 3.63) is 107 Å². The number of nitrogen functional groups attached to an aromatic ring is 1. The summed E-state index contributed by atoms with van der Waals surface area (Å²) in [5, 5.41) is 15.9. The van der Waals surface area contributed by atoms with Crippen molar-refractivity contribution in [2.45, 2.75) is 9.79 Å². The van der Waals surface area contributed by atoms with Gasteiger partial charge < -0.3 is 28.9 Å². The van der Waals surface area contributed by atoms with E-state index in [0.717, 1.165) is 24.3 Å². The molecular formula is C36H26N7Na3O13S3. The first-order valence-electron chi connectivity index (χ1n) is 16.3. The van der Waals surface area contributed by atoms with Crippen LogP contribution in [0.1, 0.15) is 15.9 Å². The number of hydrogen-bond donors (Lipinski definition) is 3. The molecule has 0 bridgehead atoms. The Bertz CT molecular complexity index is 2980. The smallest absolute Gasteiger partial charge is 0.744 e. The number of azo groups is 1. The van der Waals surface area contributed by atoms with Crippen LogP contribution in [0.2, 0.25) is 0 Å². The Kier molecular flexibility index (Phi) is 17.9. The fraction of sp³-hybridized carbons (Fsp3) is 0.0556. The largest absolute Gasteiger partial charge is 1.00 e. The van der Waals surface area contributed by atoms with Gasteiger partial charge in [-0.3, -0.25) is 20.4 Å². The van der Waals surface area contributed by atoms with Gasteiger partial charge in [0.15, 0.2) is 5.78 Å². The molecule has 0 saturated carbocycles. The van der Waals surface area contributed by atoms with Gasteiger partial charge in [0.05, 0.1) is 57.3 Å². The second kappa shape index (κ2) is 21.2. The molecule has 6 rings (SSSR count). The van der Waals surface area contributed by atoms with E-state index < -0.39 is 79.0 Å². The minimum Gasteiger partial charge on any atom is -0.744 e. The summed E-state index contributed by atoms with van der Waals surface area (Å²) in [4.78, 5) is 22.2. The predicted molar refractivity (Wildman–Crippen MR) is 210 cm³/mol. The summed E-state index contributed by atoms with van der Waals surface area (Å²) in [6, 6.07) is 14.3. The summed E-state index contributed by atoms with van der Waals surface area (Å²) < 4.78 is 119. The molecule has 4 N–H and O–H groups in total. The van der Waals surface area contributed by atoms with Gasteiger partial charge in [0.25, 0.3) is 0 Å². The normalized spacial score (nSPS) is 14.2. The van der Waals surface area contributed by atoms with Gasteiger partial charge in [-0.15, -0.1) is 10.2 Å². The monoisotopic (exact) mass is 929 g/mol. The summed E-state index contributed by atoms with van der Waals surface area (Å²) in [5.74, 6) is -0.953. The Labute approximate surface area is 420 Å². The zero-order valence-corrected chi connectivity index (χ0v) is 41.6. The average molecular weight is 930 g/mol. The molecule has 0 spiro atoms. The number of carbonyl (C=O) groups is 2. The minimum absolute atomic E-state index is 0. The van der Waals surface area contributed by atoms with Crippen molar-refractivity contribution in [1.29, 1.82) is 0 Å². The number of nitrogens with one attached hydrogen (secondary N) is 2. The van der Waals surface area contributed by atoms with E-state index in [4.69, 9.17) is 15.2 Å². The topological polar surface area (TPSA) is 324 Å².